The van der Waals surface area contributed by atoms with Crippen molar-refractivity contribution in [2.75, 3.05) is 7.11 Å². The Balaban J connectivity index is 2.42. The topological polar surface area (TPSA) is 35.2 Å². The predicted octanol–water partition coefficient (Wildman–Crippen LogP) is 3.78. The van der Waals surface area contributed by atoms with Crippen LogP contribution in [0.2, 0.25) is 0 Å². The highest BCUT2D eigenvalue weighted by Gasteiger charge is 2.30. The lowest BCUT2D eigenvalue weighted by Gasteiger charge is -2.29. The van der Waals surface area contributed by atoms with E-state index in [-0.39, 0.29) is 18.0 Å². The summed E-state index contributed by atoms with van der Waals surface area (Å²) in [4.78, 5) is 0. The third-order valence-electron chi connectivity index (χ3n) is 3.81. The van der Waals surface area contributed by atoms with Crippen LogP contribution in [0.4, 0.5) is 8.78 Å². The van der Waals surface area contributed by atoms with Crippen LogP contribution in [0.5, 0.6) is 5.75 Å². The molecule has 0 aliphatic heterocycles. The Labute approximate surface area is 123 Å². The molecule has 1 atom stereocenters. The Hall–Kier alpha value is -1.94. The van der Waals surface area contributed by atoms with Crippen molar-refractivity contribution in [1.29, 1.82) is 0 Å². The van der Waals surface area contributed by atoms with E-state index in [2.05, 4.69) is 0 Å². The Kier molecular flexibility index (Phi) is 4.58. The van der Waals surface area contributed by atoms with Crippen LogP contribution in [0.25, 0.3) is 0 Å². The highest BCUT2D eigenvalue weighted by Crippen LogP contribution is 2.31. The van der Waals surface area contributed by atoms with Gasteiger partial charge in [0.05, 0.1) is 7.11 Å². The quantitative estimate of drug-likeness (QED) is 0.910. The first-order chi connectivity index (χ1) is 10.0. The van der Waals surface area contributed by atoms with Gasteiger partial charge in [-0.2, -0.15) is 0 Å². The highest BCUT2D eigenvalue weighted by atomic mass is 19.1. The third-order valence-corrected chi connectivity index (χ3v) is 3.81. The van der Waals surface area contributed by atoms with Gasteiger partial charge in [-0.15, -0.1) is 0 Å². The largest absolute Gasteiger partial charge is 0.494 e. The number of benzene rings is 2. The zero-order chi connectivity index (χ0) is 15.5. The van der Waals surface area contributed by atoms with Crippen LogP contribution >= 0.6 is 0 Å². The van der Waals surface area contributed by atoms with Crippen molar-refractivity contribution in [2.45, 2.75) is 25.3 Å². The van der Waals surface area contributed by atoms with Gasteiger partial charge in [-0.05, 0) is 30.5 Å². The van der Waals surface area contributed by atoms with Crippen LogP contribution < -0.4 is 10.5 Å². The summed E-state index contributed by atoms with van der Waals surface area (Å²) in [7, 11) is 1.41. The van der Waals surface area contributed by atoms with E-state index in [9.17, 15) is 8.78 Å². The van der Waals surface area contributed by atoms with Crippen molar-refractivity contribution >= 4 is 0 Å². The second-order valence-corrected chi connectivity index (χ2v) is 5.10. The molecule has 2 rings (SSSR count). The van der Waals surface area contributed by atoms with Gasteiger partial charge in [-0.3, -0.25) is 0 Å². The molecule has 0 aromatic heterocycles. The van der Waals surface area contributed by atoms with Crippen LogP contribution in [0.3, 0.4) is 0 Å². The van der Waals surface area contributed by atoms with Crippen molar-refractivity contribution in [3.63, 3.8) is 0 Å². The Bertz CT molecular complexity index is 630. The number of nitrogens with two attached hydrogens (primary N) is 1. The van der Waals surface area contributed by atoms with Gasteiger partial charge in [0.15, 0.2) is 11.6 Å². The first-order valence-corrected chi connectivity index (χ1v) is 6.87. The summed E-state index contributed by atoms with van der Waals surface area (Å²) in [5.74, 6) is -0.649. The van der Waals surface area contributed by atoms with E-state index in [0.717, 1.165) is 0 Å². The third kappa shape index (κ3) is 3.05. The van der Waals surface area contributed by atoms with Gasteiger partial charge in [0.1, 0.15) is 5.82 Å². The van der Waals surface area contributed by atoms with Crippen LogP contribution in [0, 0.1) is 11.6 Å². The first kappa shape index (κ1) is 15.4. The van der Waals surface area contributed by atoms with E-state index in [1.54, 1.807) is 36.4 Å². The Morgan fingerprint density at radius 2 is 1.81 bits per heavy atom. The maximum Gasteiger partial charge on any atom is 0.168 e. The standard InChI is InChI=1S/C17H19F2NO/c1-3-17(20,13-8-4-5-9-14(13)18)11-12-7-6-10-15(21-2)16(12)19/h4-10H,3,11,20H2,1-2H3. The fraction of sp³-hybridized carbons (Fsp3) is 0.294. The number of methoxy groups -OCH3 is 1. The highest BCUT2D eigenvalue weighted by molar-refractivity contribution is 5.35. The molecule has 0 radical (unpaired) electrons. The van der Waals surface area contributed by atoms with Gasteiger partial charge in [-0.1, -0.05) is 37.3 Å². The van der Waals surface area contributed by atoms with Gasteiger partial charge in [0.25, 0.3) is 0 Å². The number of hydrogen-bond acceptors (Lipinski definition) is 2. The SMILES string of the molecule is CCC(N)(Cc1cccc(OC)c1F)c1ccccc1F. The van der Waals surface area contributed by atoms with Crippen molar-refractivity contribution in [2.24, 2.45) is 5.73 Å². The predicted molar refractivity (Wildman–Crippen MR) is 79.2 cm³/mol. The average Bonchev–Trinajstić information content (AvgIpc) is 2.49. The summed E-state index contributed by atoms with van der Waals surface area (Å²) in [6.45, 7) is 1.87. The van der Waals surface area contributed by atoms with Crippen LogP contribution in [0.15, 0.2) is 42.5 Å². The summed E-state index contributed by atoms with van der Waals surface area (Å²) in [5, 5.41) is 0. The molecule has 0 heterocycles. The average molecular weight is 291 g/mol. The van der Waals surface area contributed by atoms with E-state index in [1.165, 1.54) is 13.2 Å². The fourth-order valence-electron chi connectivity index (χ4n) is 2.47. The fourth-order valence-corrected chi connectivity index (χ4v) is 2.47. The zero-order valence-corrected chi connectivity index (χ0v) is 12.2. The van der Waals surface area contributed by atoms with Gasteiger partial charge in [-0.25, -0.2) is 8.78 Å². The summed E-state index contributed by atoms with van der Waals surface area (Å²) in [5.41, 5.74) is 6.22. The lowest BCUT2D eigenvalue weighted by atomic mass is 9.82. The van der Waals surface area contributed by atoms with Gasteiger partial charge < -0.3 is 10.5 Å². The molecule has 0 fully saturated rings. The number of hydrogen-bond donors (Lipinski definition) is 1. The minimum Gasteiger partial charge on any atom is -0.494 e. The molecule has 2 aromatic carbocycles. The van der Waals surface area contributed by atoms with Crippen LogP contribution in [0.1, 0.15) is 24.5 Å². The van der Waals surface area contributed by atoms with Crippen LogP contribution in [-0.4, -0.2) is 7.11 Å². The Morgan fingerprint density at radius 1 is 1.10 bits per heavy atom. The van der Waals surface area contributed by atoms with Crippen molar-refractivity contribution in [3.8, 4) is 5.75 Å². The molecule has 0 aliphatic carbocycles. The van der Waals surface area contributed by atoms with Crippen molar-refractivity contribution in [1.82, 2.24) is 0 Å². The zero-order valence-electron chi connectivity index (χ0n) is 12.2. The second-order valence-electron chi connectivity index (χ2n) is 5.10. The lowest BCUT2D eigenvalue weighted by Crippen LogP contribution is -2.39. The molecule has 21 heavy (non-hydrogen) atoms. The van der Waals surface area contributed by atoms with E-state index in [0.29, 0.717) is 17.5 Å². The number of rotatable bonds is 5. The van der Waals surface area contributed by atoms with E-state index >= 15 is 0 Å². The monoisotopic (exact) mass is 291 g/mol. The molecule has 0 amide bonds. The van der Waals surface area contributed by atoms with Crippen LogP contribution in [-0.2, 0) is 12.0 Å². The Morgan fingerprint density at radius 3 is 2.43 bits per heavy atom. The molecule has 4 heteroatoms. The minimum absolute atomic E-state index is 0.166. The van der Waals surface area contributed by atoms with Crippen molar-refractivity contribution in [3.05, 3.63) is 65.2 Å². The number of ether oxygens (including phenoxy) is 1. The number of halogens is 2. The molecule has 112 valence electrons. The summed E-state index contributed by atoms with van der Waals surface area (Å²) in [6, 6.07) is 11.3. The second kappa shape index (κ2) is 6.22. The molecular formula is C17H19F2NO. The normalized spacial score (nSPS) is 13.8. The van der Waals surface area contributed by atoms with E-state index < -0.39 is 11.4 Å². The van der Waals surface area contributed by atoms with Gasteiger partial charge >= 0.3 is 0 Å². The summed E-state index contributed by atoms with van der Waals surface area (Å²) < 4.78 is 33.3. The summed E-state index contributed by atoms with van der Waals surface area (Å²) in [6.07, 6.45) is 0.693. The molecule has 0 aliphatic rings. The molecule has 2 nitrogen and oxygen atoms in total. The van der Waals surface area contributed by atoms with Gasteiger partial charge in [0, 0.05) is 11.1 Å². The van der Waals surface area contributed by atoms with E-state index in [4.69, 9.17) is 10.5 Å². The molecule has 0 saturated carbocycles. The molecule has 2 N–H and O–H groups in total. The first-order valence-electron chi connectivity index (χ1n) is 6.87. The molecule has 2 aromatic rings. The molecule has 1 unspecified atom stereocenters. The summed E-state index contributed by atoms with van der Waals surface area (Å²) >= 11 is 0. The maximum atomic E-state index is 14.3. The molecule has 0 spiro atoms. The maximum absolute atomic E-state index is 14.3. The van der Waals surface area contributed by atoms with Crippen molar-refractivity contribution < 1.29 is 13.5 Å². The van der Waals surface area contributed by atoms with Gasteiger partial charge in [0.2, 0.25) is 0 Å². The molecule has 0 bridgehead atoms. The molecular weight excluding hydrogens is 272 g/mol. The smallest absolute Gasteiger partial charge is 0.168 e. The molecule has 0 saturated heterocycles. The minimum atomic E-state index is -0.960. The lowest BCUT2D eigenvalue weighted by molar-refractivity contribution is 0.370. The van der Waals surface area contributed by atoms with E-state index in [1.807, 2.05) is 6.92 Å².